The van der Waals surface area contributed by atoms with E-state index in [1.165, 1.54) is 32.4 Å². The van der Waals surface area contributed by atoms with Crippen LogP contribution in [0, 0.1) is 11.3 Å². The summed E-state index contributed by atoms with van der Waals surface area (Å²) in [5.74, 6) is -0.452. The summed E-state index contributed by atoms with van der Waals surface area (Å²) in [6.07, 6.45) is 1.36. The first-order valence-electron chi connectivity index (χ1n) is 7.12. The number of hydrogen-bond acceptors (Lipinski definition) is 5. The van der Waals surface area contributed by atoms with E-state index in [-0.39, 0.29) is 22.8 Å². The summed E-state index contributed by atoms with van der Waals surface area (Å²) < 4.78 is 10.1. The lowest BCUT2D eigenvalue weighted by molar-refractivity contribution is -0.112. The average Bonchev–Trinajstić information content (AvgIpc) is 2.62. The van der Waals surface area contributed by atoms with Gasteiger partial charge in [0, 0.05) is 0 Å². The van der Waals surface area contributed by atoms with E-state index in [4.69, 9.17) is 21.1 Å². The number of phenolic OH excluding ortho intramolecular Hbond substituents is 1. The molecule has 0 bridgehead atoms. The molecule has 0 radical (unpaired) electrons. The van der Waals surface area contributed by atoms with E-state index < -0.39 is 5.91 Å². The van der Waals surface area contributed by atoms with Crippen LogP contribution in [0.2, 0.25) is 5.02 Å². The smallest absolute Gasteiger partial charge is 0.266 e. The number of benzene rings is 2. The highest BCUT2D eigenvalue weighted by Gasteiger charge is 2.14. The molecule has 0 unspecified atom stereocenters. The molecule has 0 aliphatic heterocycles. The molecule has 0 aliphatic rings. The molecule has 0 saturated carbocycles. The number of nitrogens with zero attached hydrogens (tertiary/aromatic N) is 1. The monoisotopic (exact) mass is 358 g/mol. The van der Waals surface area contributed by atoms with Crippen LogP contribution >= 0.6 is 11.6 Å². The topological polar surface area (TPSA) is 91.6 Å². The van der Waals surface area contributed by atoms with Gasteiger partial charge in [-0.05, 0) is 35.9 Å². The van der Waals surface area contributed by atoms with E-state index in [2.05, 4.69) is 5.32 Å². The van der Waals surface area contributed by atoms with Crippen LogP contribution in [-0.4, -0.2) is 25.2 Å². The molecule has 25 heavy (non-hydrogen) atoms. The molecule has 0 aromatic heterocycles. The highest BCUT2D eigenvalue weighted by Crippen LogP contribution is 2.37. The molecule has 6 nitrogen and oxygen atoms in total. The maximum atomic E-state index is 12.3. The third-order valence-electron chi connectivity index (χ3n) is 3.30. The number of aromatic hydroxyl groups is 1. The number of nitrogens with one attached hydrogen (secondary N) is 1. The van der Waals surface area contributed by atoms with Crippen molar-refractivity contribution in [3.8, 4) is 23.3 Å². The molecule has 1 amide bonds. The van der Waals surface area contributed by atoms with Crippen LogP contribution in [0.4, 0.5) is 5.69 Å². The van der Waals surface area contributed by atoms with E-state index in [9.17, 15) is 15.2 Å². The Labute approximate surface area is 149 Å². The number of methoxy groups -OCH3 is 2. The zero-order chi connectivity index (χ0) is 18.4. The van der Waals surface area contributed by atoms with Gasteiger partial charge in [0.25, 0.3) is 5.91 Å². The number of rotatable bonds is 5. The summed E-state index contributed by atoms with van der Waals surface area (Å²) in [6.45, 7) is 0. The van der Waals surface area contributed by atoms with Gasteiger partial charge in [0.2, 0.25) is 5.75 Å². The standard InChI is InChI=1S/C18H15ClN2O4/c1-24-15-8-11(9-16(25-2)17(15)22)7-12(10-20)18(23)21-14-6-4-3-5-13(14)19/h3-9,22H,1-2H3,(H,21,23)/b12-7-. The molecule has 0 fully saturated rings. The fourth-order valence-corrected chi connectivity index (χ4v) is 2.25. The molecule has 0 aliphatic carbocycles. The molecule has 0 spiro atoms. The van der Waals surface area contributed by atoms with Crippen molar-refractivity contribution < 1.29 is 19.4 Å². The van der Waals surface area contributed by atoms with Crippen molar-refractivity contribution >= 4 is 29.3 Å². The molecule has 2 aromatic rings. The maximum absolute atomic E-state index is 12.3. The number of carbonyl (C=O) groups excluding carboxylic acids is 1. The SMILES string of the molecule is COc1cc(/C=C(/C#N)C(=O)Nc2ccccc2Cl)cc(OC)c1O. The number of phenols is 1. The van der Waals surface area contributed by atoms with Gasteiger partial charge >= 0.3 is 0 Å². The predicted molar refractivity (Wildman–Crippen MR) is 94.9 cm³/mol. The zero-order valence-electron chi connectivity index (χ0n) is 13.5. The summed E-state index contributed by atoms with van der Waals surface area (Å²) in [5.41, 5.74) is 0.711. The Balaban J connectivity index is 2.36. The summed E-state index contributed by atoms with van der Waals surface area (Å²) >= 11 is 6.00. The Morgan fingerprint density at radius 1 is 1.24 bits per heavy atom. The first-order valence-corrected chi connectivity index (χ1v) is 7.50. The lowest BCUT2D eigenvalue weighted by Crippen LogP contribution is -2.13. The van der Waals surface area contributed by atoms with Gasteiger partial charge in [-0.1, -0.05) is 23.7 Å². The molecular weight excluding hydrogens is 344 g/mol. The van der Waals surface area contributed by atoms with Crippen molar-refractivity contribution in [2.75, 3.05) is 19.5 Å². The summed E-state index contributed by atoms with van der Waals surface area (Å²) in [7, 11) is 2.77. The van der Waals surface area contributed by atoms with Crippen molar-refractivity contribution in [2.24, 2.45) is 0 Å². The van der Waals surface area contributed by atoms with Gasteiger partial charge in [-0.2, -0.15) is 5.26 Å². The molecule has 0 saturated heterocycles. The molecule has 2 aromatic carbocycles. The lowest BCUT2D eigenvalue weighted by Gasteiger charge is -2.10. The Morgan fingerprint density at radius 2 is 1.84 bits per heavy atom. The Hall–Kier alpha value is -3.17. The molecule has 128 valence electrons. The Bertz CT molecular complexity index is 847. The van der Waals surface area contributed by atoms with Gasteiger partial charge in [0.1, 0.15) is 11.6 Å². The predicted octanol–water partition coefficient (Wildman–Crippen LogP) is 3.61. The Kier molecular flexibility index (Phi) is 5.88. The second-order valence-electron chi connectivity index (χ2n) is 4.88. The van der Waals surface area contributed by atoms with E-state index in [0.717, 1.165) is 0 Å². The number of anilines is 1. The van der Waals surface area contributed by atoms with Crippen molar-refractivity contribution in [3.05, 3.63) is 52.6 Å². The number of hydrogen-bond donors (Lipinski definition) is 2. The maximum Gasteiger partial charge on any atom is 0.266 e. The minimum atomic E-state index is -0.610. The first kappa shape index (κ1) is 18.2. The average molecular weight is 359 g/mol. The normalized spacial score (nSPS) is 10.7. The van der Waals surface area contributed by atoms with Crippen LogP contribution < -0.4 is 14.8 Å². The number of halogens is 1. The third kappa shape index (κ3) is 4.22. The van der Waals surface area contributed by atoms with Crippen LogP contribution in [0.25, 0.3) is 6.08 Å². The fraction of sp³-hybridized carbons (Fsp3) is 0.111. The molecule has 2 rings (SSSR count). The highest BCUT2D eigenvalue weighted by atomic mass is 35.5. The van der Waals surface area contributed by atoms with Crippen LogP contribution in [0.1, 0.15) is 5.56 Å². The van der Waals surface area contributed by atoms with Crippen molar-refractivity contribution in [1.29, 1.82) is 5.26 Å². The van der Waals surface area contributed by atoms with Crippen LogP contribution in [-0.2, 0) is 4.79 Å². The van der Waals surface area contributed by atoms with Crippen LogP contribution in [0.5, 0.6) is 17.2 Å². The van der Waals surface area contributed by atoms with E-state index in [0.29, 0.717) is 16.3 Å². The van der Waals surface area contributed by atoms with E-state index in [1.807, 2.05) is 6.07 Å². The minimum absolute atomic E-state index is 0.144. The van der Waals surface area contributed by atoms with Gasteiger partial charge in [0.15, 0.2) is 11.5 Å². The molecule has 7 heteroatoms. The number of carbonyl (C=O) groups is 1. The largest absolute Gasteiger partial charge is 0.502 e. The summed E-state index contributed by atoms with van der Waals surface area (Å²) in [5, 5.41) is 22.1. The molecular formula is C18H15ClN2O4. The minimum Gasteiger partial charge on any atom is -0.502 e. The van der Waals surface area contributed by atoms with Crippen LogP contribution in [0.3, 0.4) is 0 Å². The first-order chi connectivity index (χ1) is 12.0. The van der Waals surface area contributed by atoms with Gasteiger partial charge in [-0.25, -0.2) is 0 Å². The summed E-state index contributed by atoms with van der Waals surface area (Å²) in [4.78, 5) is 12.3. The Morgan fingerprint density at radius 3 is 2.36 bits per heavy atom. The lowest BCUT2D eigenvalue weighted by atomic mass is 10.1. The van der Waals surface area contributed by atoms with E-state index in [1.54, 1.807) is 24.3 Å². The number of ether oxygens (including phenoxy) is 2. The van der Waals surface area contributed by atoms with Crippen molar-refractivity contribution in [1.82, 2.24) is 0 Å². The van der Waals surface area contributed by atoms with Gasteiger partial charge in [-0.3, -0.25) is 4.79 Å². The number of amides is 1. The van der Waals surface area contributed by atoms with Crippen molar-refractivity contribution in [2.45, 2.75) is 0 Å². The van der Waals surface area contributed by atoms with Crippen molar-refractivity contribution in [3.63, 3.8) is 0 Å². The second-order valence-corrected chi connectivity index (χ2v) is 5.29. The van der Waals surface area contributed by atoms with Crippen LogP contribution in [0.15, 0.2) is 42.0 Å². The fourth-order valence-electron chi connectivity index (χ4n) is 2.06. The summed E-state index contributed by atoms with van der Waals surface area (Å²) in [6, 6.07) is 11.5. The quantitative estimate of drug-likeness (QED) is 0.629. The van der Waals surface area contributed by atoms with Gasteiger partial charge in [0.05, 0.1) is 24.9 Å². The highest BCUT2D eigenvalue weighted by molar-refractivity contribution is 6.34. The number of nitriles is 1. The third-order valence-corrected chi connectivity index (χ3v) is 3.63. The molecule has 0 heterocycles. The van der Waals surface area contributed by atoms with Gasteiger partial charge in [-0.15, -0.1) is 0 Å². The van der Waals surface area contributed by atoms with Gasteiger partial charge < -0.3 is 19.9 Å². The second kappa shape index (κ2) is 8.08. The van der Waals surface area contributed by atoms with E-state index >= 15 is 0 Å². The zero-order valence-corrected chi connectivity index (χ0v) is 14.3. The molecule has 2 N–H and O–H groups in total. The number of para-hydroxylation sites is 1. The molecule has 0 atom stereocenters.